The minimum absolute atomic E-state index is 0.167. The first-order chi connectivity index (χ1) is 11.8. The topological polar surface area (TPSA) is 59.8 Å². The predicted molar refractivity (Wildman–Crippen MR) is 91.6 cm³/mol. The molecular weight excluding hydrogens is 300 g/mol. The number of fused-ring (bicyclic) bond motifs is 2. The highest BCUT2D eigenvalue weighted by molar-refractivity contribution is 5.76. The zero-order chi connectivity index (χ0) is 16.4. The van der Waals surface area contributed by atoms with Gasteiger partial charge in [-0.25, -0.2) is 0 Å². The van der Waals surface area contributed by atoms with Crippen molar-refractivity contribution >= 4 is 5.91 Å². The first kappa shape index (κ1) is 15.4. The lowest BCUT2D eigenvalue weighted by Gasteiger charge is -2.24. The van der Waals surface area contributed by atoms with Crippen LogP contribution in [0, 0.1) is 5.92 Å². The lowest BCUT2D eigenvalue weighted by atomic mass is 9.82. The molecule has 2 aromatic rings. The van der Waals surface area contributed by atoms with Gasteiger partial charge in [0.1, 0.15) is 11.6 Å². The summed E-state index contributed by atoms with van der Waals surface area (Å²) >= 11 is 0. The van der Waals surface area contributed by atoms with E-state index in [1.807, 2.05) is 0 Å². The van der Waals surface area contributed by atoms with E-state index in [1.165, 1.54) is 11.1 Å². The van der Waals surface area contributed by atoms with Gasteiger partial charge in [0.25, 0.3) is 0 Å². The second-order valence-corrected chi connectivity index (χ2v) is 6.97. The Hall–Kier alpha value is -2.17. The largest absolute Gasteiger partial charge is 0.356 e. The highest BCUT2D eigenvalue weighted by Crippen LogP contribution is 2.27. The van der Waals surface area contributed by atoms with Crippen LogP contribution in [-0.4, -0.2) is 27.2 Å². The molecule has 1 aromatic heterocycles. The summed E-state index contributed by atoms with van der Waals surface area (Å²) in [7, 11) is 0. The molecule has 0 radical (unpaired) electrons. The van der Waals surface area contributed by atoms with Gasteiger partial charge in [0.2, 0.25) is 5.91 Å². The smallest absolute Gasteiger partial charge is 0.220 e. The van der Waals surface area contributed by atoms with E-state index in [9.17, 15) is 4.79 Å². The van der Waals surface area contributed by atoms with Crippen LogP contribution in [0.4, 0.5) is 0 Å². The van der Waals surface area contributed by atoms with Gasteiger partial charge in [0.15, 0.2) is 0 Å². The molecule has 24 heavy (non-hydrogen) atoms. The maximum atomic E-state index is 12.2. The van der Waals surface area contributed by atoms with Crippen LogP contribution in [0.3, 0.4) is 0 Å². The van der Waals surface area contributed by atoms with Gasteiger partial charge in [-0.15, -0.1) is 10.2 Å². The van der Waals surface area contributed by atoms with Crippen molar-refractivity contribution in [1.29, 1.82) is 0 Å². The fraction of sp³-hybridized carbons (Fsp3) is 0.526. The summed E-state index contributed by atoms with van der Waals surface area (Å²) in [5.74, 6) is 2.74. The standard InChI is InChI=1S/C19H24N4O/c24-19(13-14-7-8-15-4-1-2-5-16(15)12-14)20-10-9-18-22-21-17-6-3-11-23(17)18/h1-2,4-5,14H,3,6-13H2,(H,20,24)/t14-/m1/s1. The van der Waals surface area contributed by atoms with Crippen molar-refractivity contribution in [2.75, 3.05) is 6.54 Å². The lowest BCUT2D eigenvalue weighted by Crippen LogP contribution is -2.29. The molecule has 0 bridgehead atoms. The zero-order valence-electron chi connectivity index (χ0n) is 14.0. The van der Waals surface area contributed by atoms with E-state index in [0.717, 1.165) is 56.7 Å². The molecule has 0 spiro atoms. The molecule has 1 aromatic carbocycles. The van der Waals surface area contributed by atoms with Crippen molar-refractivity contribution in [2.45, 2.75) is 51.5 Å². The predicted octanol–water partition coefficient (Wildman–Crippen LogP) is 2.08. The molecule has 1 N–H and O–H groups in total. The number of hydrogen-bond acceptors (Lipinski definition) is 3. The van der Waals surface area contributed by atoms with Crippen molar-refractivity contribution < 1.29 is 4.79 Å². The third kappa shape index (κ3) is 3.21. The Morgan fingerprint density at radius 3 is 3.00 bits per heavy atom. The van der Waals surface area contributed by atoms with Gasteiger partial charge in [0, 0.05) is 32.4 Å². The number of aromatic nitrogens is 3. The maximum absolute atomic E-state index is 12.2. The number of hydrogen-bond donors (Lipinski definition) is 1. The molecule has 5 heteroatoms. The molecule has 0 fully saturated rings. The monoisotopic (exact) mass is 324 g/mol. The quantitative estimate of drug-likeness (QED) is 0.916. The second-order valence-electron chi connectivity index (χ2n) is 6.97. The van der Waals surface area contributed by atoms with E-state index < -0.39 is 0 Å². The Kier molecular flexibility index (Phi) is 4.32. The highest BCUT2D eigenvalue weighted by atomic mass is 16.1. The number of aryl methyl sites for hydroxylation is 2. The summed E-state index contributed by atoms with van der Waals surface area (Å²) in [6.45, 7) is 1.67. The molecule has 0 saturated heterocycles. The van der Waals surface area contributed by atoms with Crippen LogP contribution in [0.15, 0.2) is 24.3 Å². The van der Waals surface area contributed by atoms with Crippen LogP contribution in [0.25, 0.3) is 0 Å². The highest BCUT2D eigenvalue weighted by Gasteiger charge is 2.21. The molecule has 1 amide bonds. The normalized spacial score (nSPS) is 18.9. The summed E-state index contributed by atoms with van der Waals surface area (Å²) in [5.41, 5.74) is 2.87. The van der Waals surface area contributed by atoms with Gasteiger partial charge in [-0.2, -0.15) is 0 Å². The molecule has 1 aliphatic heterocycles. The molecule has 4 rings (SSSR count). The Balaban J connectivity index is 1.24. The van der Waals surface area contributed by atoms with Gasteiger partial charge < -0.3 is 9.88 Å². The molecular formula is C19H24N4O. The van der Waals surface area contributed by atoms with Gasteiger partial charge in [-0.3, -0.25) is 4.79 Å². The van der Waals surface area contributed by atoms with E-state index in [2.05, 4.69) is 44.3 Å². The van der Waals surface area contributed by atoms with Crippen molar-refractivity contribution in [3.8, 4) is 0 Å². The molecule has 1 atom stereocenters. The van der Waals surface area contributed by atoms with Crippen LogP contribution in [0.5, 0.6) is 0 Å². The van der Waals surface area contributed by atoms with Crippen LogP contribution >= 0.6 is 0 Å². The van der Waals surface area contributed by atoms with Crippen LogP contribution in [-0.2, 0) is 37.0 Å². The molecule has 126 valence electrons. The number of benzene rings is 1. The number of carbonyl (C=O) groups is 1. The first-order valence-electron chi connectivity index (χ1n) is 9.04. The van der Waals surface area contributed by atoms with E-state index in [0.29, 0.717) is 18.9 Å². The maximum Gasteiger partial charge on any atom is 0.220 e. The van der Waals surface area contributed by atoms with E-state index in [4.69, 9.17) is 0 Å². The number of carbonyl (C=O) groups excluding carboxylic acids is 1. The first-order valence-corrected chi connectivity index (χ1v) is 9.04. The SMILES string of the molecule is O=C(C[C@@H]1CCc2ccccc2C1)NCCc1nnc2n1CCC2. The van der Waals surface area contributed by atoms with Crippen LogP contribution in [0.2, 0.25) is 0 Å². The minimum Gasteiger partial charge on any atom is -0.356 e. The molecule has 0 unspecified atom stereocenters. The number of rotatable bonds is 5. The summed E-state index contributed by atoms with van der Waals surface area (Å²) in [6, 6.07) is 8.61. The number of nitrogens with one attached hydrogen (secondary N) is 1. The van der Waals surface area contributed by atoms with Crippen molar-refractivity contribution in [3.05, 3.63) is 47.0 Å². The van der Waals surface area contributed by atoms with Gasteiger partial charge in [-0.05, 0) is 42.7 Å². The fourth-order valence-corrected chi connectivity index (χ4v) is 3.99. The van der Waals surface area contributed by atoms with E-state index in [1.54, 1.807) is 0 Å². The van der Waals surface area contributed by atoms with Crippen LogP contribution < -0.4 is 5.32 Å². The second kappa shape index (κ2) is 6.75. The summed E-state index contributed by atoms with van der Waals surface area (Å²) in [4.78, 5) is 12.2. The Morgan fingerprint density at radius 1 is 1.21 bits per heavy atom. The minimum atomic E-state index is 0.167. The average molecular weight is 324 g/mol. The van der Waals surface area contributed by atoms with E-state index in [-0.39, 0.29) is 5.91 Å². The van der Waals surface area contributed by atoms with Crippen molar-refractivity contribution in [2.24, 2.45) is 5.92 Å². The third-order valence-electron chi connectivity index (χ3n) is 5.28. The summed E-state index contributed by atoms with van der Waals surface area (Å²) in [6.07, 6.45) is 6.83. The Bertz CT molecular complexity index is 737. The van der Waals surface area contributed by atoms with Crippen LogP contribution in [0.1, 0.15) is 42.0 Å². The lowest BCUT2D eigenvalue weighted by molar-refractivity contribution is -0.122. The molecule has 2 aliphatic rings. The molecule has 1 aliphatic carbocycles. The van der Waals surface area contributed by atoms with Crippen molar-refractivity contribution in [3.63, 3.8) is 0 Å². The molecule has 2 heterocycles. The van der Waals surface area contributed by atoms with Gasteiger partial charge in [-0.1, -0.05) is 24.3 Å². The Morgan fingerprint density at radius 2 is 2.08 bits per heavy atom. The number of amides is 1. The summed E-state index contributed by atoms with van der Waals surface area (Å²) in [5, 5.41) is 11.5. The van der Waals surface area contributed by atoms with E-state index >= 15 is 0 Å². The molecule has 5 nitrogen and oxygen atoms in total. The summed E-state index contributed by atoms with van der Waals surface area (Å²) < 4.78 is 2.20. The van der Waals surface area contributed by atoms with Crippen molar-refractivity contribution in [1.82, 2.24) is 20.1 Å². The Labute approximate surface area is 142 Å². The number of nitrogens with zero attached hydrogens (tertiary/aromatic N) is 3. The third-order valence-corrected chi connectivity index (χ3v) is 5.28. The van der Waals surface area contributed by atoms with Gasteiger partial charge >= 0.3 is 0 Å². The molecule has 0 saturated carbocycles. The average Bonchev–Trinajstić information content (AvgIpc) is 3.19. The van der Waals surface area contributed by atoms with Gasteiger partial charge in [0.05, 0.1) is 0 Å². The zero-order valence-corrected chi connectivity index (χ0v) is 14.0. The fourth-order valence-electron chi connectivity index (χ4n) is 3.99.